The van der Waals surface area contributed by atoms with E-state index in [1.165, 1.54) is 0 Å². The Morgan fingerprint density at radius 2 is 1.70 bits per heavy atom. The summed E-state index contributed by atoms with van der Waals surface area (Å²) in [7, 11) is 0. The normalized spacial score (nSPS) is 11.0. The number of benzene rings is 3. The Morgan fingerprint density at radius 1 is 0.933 bits per heavy atom. The van der Waals surface area contributed by atoms with Crippen molar-refractivity contribution in [3.8, 4) is 0 Å². The Balaban J connectivity index is 1.47. The van der Waals surface area contributed by atoms with Gasteiger partial charge < -0.3 is 9.88 Å². The van der Waals surface area contributed by atoms with E-state index in [1.54, 1.807) is 0 Å². The van der Waals surface area contributed by atoms with E-state index in [0.717, 1.165) is 35.3 Å². The summed E-state index contributed by atoms with van der Waals surface area (Å²) in [6.45, 7) is 1.24. The summed E-state index contributed by atoms with van der Waals surface area (Å²) in [4.78, 5) is 17.0. The highest BCUT2D eigenvalue weighted by molar-refractivity contribution is 6.42. The fourth-order valence-corrected chi connectivity index (χ4v) is 3.77. The fourth-order valence-electron chi connectivity index (χ4n) is 3.45. The van der Waals surface area contributed by atoms with Gasteiger partial charge in [0, 0.05) is 25.1 Å². The van der Waals surface area contributed by atoms with Gasteiger partial charge in [0.15, 0.2) is 0 Å². The molecule has 4 nitrogen and oxygen atoms in total. The Kier molecular flexibility index (Phi) is 6.36. The van der Waals surface area contributed by atoms with Gasteiger partial charge in [-0.25, -0.2) is 4.98 Å². The zero-order valence-corrected chi connectivity index (χ0v) is 17.8. The number of carbonyl (C=O) groups excluding carboxylic acids is 1. The molecule has 0 saturated carbocycles. The molecule has 1 heterocycles. The van der Waals surface area contributed by atoms with E-state index in [0.29, 0.717) is 28.7 Å². The van der Waals surface area contributed by atoms with Crippen LogP contribution in [-0.2, 0) is 13.0 Å². The largest absolute Gasteiger partial charge is 0.352 e. The van der Waals surface area contributed by atoms with Crippen molar-refractivity contribution in [3.63, 3.8) is 0 Å². The molecule has 1 amide bonds. The molecule has 0 saturated heterocycles. The van der Waals surface area contributed by atoms with Crippen LogP contribution in [0.15, 0.2) is 72.8 Å². The van der Waals surface area contributed by atoms with Crippen LogP contribution >= 0.6 is 23.2 Å². The number of rotatable bonds is 7. The van der Waals surface area contributed by atoms with E-state index in [4.69, 9.17) is 28.2 Å². The molecule has 0 fully saturated rings. The summed E-state index contributed by atoms with van der Waals surface area (Å²) in [5.74, 6) is 0.927. The van der Waals surface area contributed by atoms with Crippen molar-refractivity contribution in [2.45, 2.75) is 19.4 Å². The van der Waals surface area contributed by atoms with Crippen LogP contribution in [0.3, 0.4) is 0 Å². The predicted molar refractivity (Wildman–Crippen MR) is 122 cm³/mol. The Bertz CT molecular complexity index is 1170. The topological polar surface area (TPSA) is 46.9 Å². The lowest BCUT2D eigenvalue weighted by molar-refractivity contribution is 0.0953. The van der Waals surface area contributed by atoms with Crippen LogP contribution in [0.1, 0.15) is 28.2 Å². The number of fused-ring (bicyclic) bond motifs is 1. The smallest absolute Gasteiger partial charge is 0.251 e. The number of amides is 1. The van der Waals surface area contributed by atoms with E-state index < -0.39 is 0 Å². The number of halogens is 2. The van der Waals surface area contributed by atoms with Gasteiger partial charge in [0.2, 0.25) is 0 Å². The number of nitrogens with zero attached hydrogens (tertiary/aromatic N) is 2. The van der Waals surface area contributed by atoms with Gasteiger partial charge in [-0.05, 0) is 48.4 Å². The van der Waals surface area contributed by atoms with Gasteiger partial charge in [-0.15, -0.1) is 0 Å². The Labute approximate surface area is 185 Å². The highest BCUT2D eigenvalue weighted by atomic mass is 35.5. The molecule has 1 aromatic heterocycles. The van der Waals surface area contributed by atoms with Crippen molar-refractivity contribution in [2.75, 3.05) is 6.54 Å². The third kappa shape index (κ3) is 4.66. The average Bonchev–Trinajstić information content (AvgIpc) is 3.11. The van der Waals surface area contributed by atoms with E-state index in [9.17, 15) is 4.79 Å². The van der Waals surface area contributed by atoms with Gasteiger partial charge in [0.25, 0.3) is 5.91 Å². The maximum atomic E-state index is 12.2. The second kappa shape index (κ2) is 9.33. The Morgan fingerprint density at radius 3 is 2.50 bits per heavy atom. The number of aromatic nitrogens is 2. The second-order valence-electron chi connectivity index (χ2n) is 7.08. The van der Waals surface area contributed by atoms with Crippen LogP contribution < -0.4 is 5.32 Å². The zero-order valence-electron chi connectivity index (χ0n) is 16.3. The van der Waals surface area contributed by atoms with Crippen molar-refractivity contribution >= 4 is 40.1 Å². The number of carbonyl (C=O) groups is 1. The highest BCUT2D eigenvalue weighted by Crippen LogP contribution is 2.25. The molecule has 4 rings (SSSR count). The molecule has 0 spiro atoms. The molecule has 6 heteroatoms. The molecular formula is C24H21Cl2N3O. The lowest BCUT2D eigenvalue weighted by Crippen LogP contribution is -2.24. The lowest BCUT2D eigenvalue weighted by Gasteiger charge is -2.11. The first kappa shape index (κ1) is 20.5. The first-order valence-corrected chi connectivity index (χ1v) is 10.6. The van der Waals surface area contributed by atoms with Crippen molar-refractivity contribution in [2.24, 2.45) is 0 Å². The fraction of sp³-hybridized carbons (Fsp3) is 0.167. The second-order valence-corrected chi connectivity index (χ2v) is 7.89. The molecule has 1 N–H and O–H groups in total. The van der Waals surface area contributed by atoms with Crippen molar-refractivity contribution in [3.05, 3.63) is 99.8 Å². The molecule has 0 bridgehead atoms. The highest BCUT2D eigenvalue weighted by Gasteiger charge is 2.12. The zero-order chi connectivity index (χ0) is 20.9. The summed E-state index contributed by atoms with van der Waals surface area (Å²) in [5, 5.41) is 4.07. The maximum Gasteiger partial charge on any atom is 0.251 e. The summed E-state index contributed by atoms with van der Waals surface area (Å²) < 4.78 is 2.20. The van der Waals surface area contributed by atoms with E-state index in [-0.39, 0.29) is 5.91 Å². The number of hydrogen-bond acceptors (Lipinski definition) is 2. The van der Waals surface area contributed by atoms with Crippen LogP contribution in [0.2, 0.25) is 10.0 Å². The monoisotopic (exact) mass is 437 g/mol. The number of para-hydroxylation sites is 2. The van der Waals surface area contributed by atoms with Crippen LogP contribution in [0, 0.1) is 0 Å². The minimum Gasteiger partial charge on any atom is -0.352 e. The minimum absolute atomic E-state index is 0.0556. The van der Waals surface area contributed by atoms with Crippen LogP contribution in [0.25, 0.3) is 11.0 Å². The summed E-state index contributed by atoms with van der Waals surface area (Å²) >= 11 is 12.3. The van der Waals surface area contributed by atoms with E-state index >= 15 is 0 Å². The van der Waals surface area contributed by atoms with Crippen molar-refractivity contribution in [1.82, 2.24) is 14.9 Å². The quantitative estimate of drug-likeness (QED) is 0.373. The molecule has 0 aliphatic heterocycles. The molecule has 0 aliphatic carbocycles. The van der Waals surface area contributed by atoms with Crippen molar-refractivity contribution in [1.29, 1.82) is 0 Å². The molecule has 0 atom stereocenters. The van der Waals surface area contributed by atoms with Gasteiger partial charge in [-0.3, -0.25) is 4.79 Å². The number of hydrogen-bond donors (Lipinski definition) is 1. The average molecular weight is 438 g/mol. The maximum absolute atomic E-state index is 12.2. The summed E-state index contributed by atoms with van der Waals surface area (Å²) in [6.07, 6.45) is 1.55. The SMILES string of the molecule is O=C(NCCCc1nc2ccccc2n1Cc1ccc(Cl)c(Cl)c1)c1ccccc1. The lowest BCUT2D eigenvalue weighted by atomic mass is 10.2. The van der Waals surface area contributed by atoms with Crippen LogP contribution in [0.5, 0.6) is 0 Å². The third-order valence-electron chi connectivity index (χ3n) is 4.96. The van der Waals surface area contributed by atoms with Gasteiger partial charge in [-0.2, -0.15) is 0 Å². The number of nitrogens with one attached hydrogen (secondary N) is 1. The van der Waals surface area contributed by atoms with Crippen LogP contribution in [0.4, 0.5) is 0 Å². The van der Waals surface area contributed by atoms with E-state index in [1.807, 2.05) is 66.7 Å². The number of imidazole rings is 1. The number of aryl methyl sites for hydroxylation is 1. The van der Waals surface area contributed by atoms with Crippen LogP contribution in [-0.4, -0.2) is 22.0 Å². The molecule has 0 unspecified atom stereocenters. The molecule has 0 aliphatic rings. The molecular weight excluding hydrogens is 417 g/mol. The van der Waals surface area contributed by atoms with Gasteiger partial charge in [0.05, 0.1) is 21.1 Å². The minimum atomic E-state index is -0.0556. The standard InChI is InChI=1S/C24H21Cl2N3O/c25-19-13-12-17(15-20(19)26)16-29-22-10-5-4-9-21(22)28-23(29)11-6-14-27-24(30)18-7-2-1-3-8-18/h1-5,7-10,12-13,15H,6,11,14,16H2,(H,27,30). The molecule has 0 radical (unpaired) electrons. The molecule has 152 valence electrons. The third-order valence-corrected chi connectivity index (χ3v) is 5.70. The van der Waals surface area contributed by atoms with Gasteiger partial charge in [0.1, 0.15) is 5.82 Å². The van der Waals surface area contributed by atoms with E-state index in [2.05, 4.69) is 16.0 Å². The molecule has 4 aromatic rings. The molecule has 30 heavy (non-hydrogen) atoms. The first-order valence-electron chi connectivity index (χ1n) is 9.83. The Hall–Kier alpha value is -2.82. The summed E-state index contributed by atoms with van der Waals surface area (Å²) in [6, 6.07) is 23.0. The van der Waals surface area contributed by atoms with Crippen molar-refractivity contribution < 1.29 is 4.79 Å². The summed E-state index contributed by atoms with van der Waals surface area (Å²) in [5.41, 5.74) is 3.77. The van der Waals surface area contributed by atoms with Gasteiger partial charge >= 0.3 is 0 Å². The predicted octanol–water partition coefficient (Wildman–Crippen LogP) is 5.75. The first-order chi connectivity index (χ1) is 14.6. The molecule has 3 aromatic carbocycles. The van der Waals surface area contributed by atoms with Gasteiger partial charge in [-0.1, -0.05) is 59.6 Å².